The third kappa shape index (κ3) is 4.67. The van der Waals surface area contributed by atoms with Crippen molar-refractivity contribution >= 4 is 6.09 Å². The summed E-state index contributed by atoms with van der Waals surface area (Å²) in [6.07, 6.45) is 7.16. The van der Waals surface area contributed by atoms with Gasteiger partial charge in [-0.2, -0.15) is 0 Å². The highest BCUT2D eigenvalue weighted by atomic mass is 16.6. The quantitative estimate of drug-likeness (QED) is 0.642. The smallest absolute Gasteiger partial charge is 0.412 e. The number of carbonyl (C=O) groups is 1. The van der Waals surface area contributed by atoms with Gasteiger partial charge in [-0.1, -0.05) is 46.0 Å². The maximum absolute atomic E-state index is 13.2. The van der Waals surface area contributed by atoms with Crippen LogP contribution in [0.4, 0.5) is 4.79 Å². The molecule has 0 radical (unpaired) electrons. The van der Waals surface area contributed by atoms with Gasteiger partial charge in [-0.15, -0.1) is 0 Å². The Balaban J connectivity index is 1.85. The lowest BCUT2D eigenvalue weighted by Crippen LogP contribution is -2.56. The second-order valence-corrected chi connectivity index (χ2v) is 10.9. The molecule has 3 rings (SSSR count). The average Bonchev–Trinajstić information content (AvgIpc) is 2.75. The number of ether oxygens (including phenoxy) is 3. The molecular formula is C23H41NO4. The fourth-order valence-electron chi connectivity index (χ4n) is 5.20. The molecule has 2 saturated heterocycles. The van der Waals surface area contributed by atoms with Crippen molar-refractivity contribution in [2.75, 3.05) is 6.61 Å². The Labute approximate surface area is 171 Å². The van der Waals surface area contributed by atoms with E-state index >= 15 is 0 Å². The normalized spacial score (nSPS) is 33.8. The van der Waals surface area contributed by atoms with E-state index in [4.69, 9.17) is 14.2 Å². The van der Waals surface area contributed by atoms with Gasteiger partial charge in [0.1, 0.15) is 17.4 Å². The highest BCUT2D eigenvalue weighted by molar-refractivity contribution is 5.70. The summed E-state index contributed by atoms with van der Waals surface area (Å²) < 4.78 is 18.4. The molecule has 162 valence electrons. The van der Waals surface area contributed by atoms with Crippen LogP contribution in [0.5, 0.6) is 0 Å². The van der Waals surface area contributed by atoms with Crippen molar-refractivity contribution in [3.8, 4) is 0 Å². The van der Waals surface area contributed by atoms with Crippen LogP contribution in [-0.2, 0) is 14.2 Å². The lowest BCUT2D eigenvalue weighted by Gasteiger charge is -2.44. The van der Waals surface area contributed by atoms with Crippen LogP contribution in [0.2, 0.25) is 0 Å². The highest BCUT2D eigenvalue weighted by Crippen LogP contribution is 2.44. The lowest BCUT2D eigenvalue weighted by atomic mass is 9.78. The summed E-state index contributed by atoms with van der Waals surface area (Å²) in [7, 11) is 0. The van der Waals surface area contributed by atoms with Crippen molar-refractivity contribution in [2.24, 2.45) is 17.8 Å². The minimum absolute atomic E-state index is 0.0134. The van der Waals surface area contributed by atoms with Crippen LogP contribution in [0.15, 0.2) is 0 Å². The zero-order valence-corrected chi connectivity index (χ0v) is 19.0. The minimum Gasteiger partial charge on any atom is -0.444 e. The number of hydrogen-bond acceptors (Lipinski definition) is 4. The number of amides is 1. The number of carbonyl (C=O) groups excluding carboxylic acids is 1. The van der Waals surface area contributed by atoms with Crippen molar-refractivity contribution in [3.05, 3.63) is 0 Å². The molecule has 2 aliphatic heterocycles. The molecule has 0 aromatic heterocycles. The van der Waals surface area contributed by atoms with Crippen LogP contribution in [0.1, 0.15) is 87.0 Å². The van der Waals surface area contributed by atoms with Crippen molar-refractivity contribution in [2.45, 2.75) is 117 Å². The molecule has 0 aromatic carbocycles. The molecule has 0 spiro atoms. The Bertz CT molecular complexity index is 547. The summed E-state index contributed by atoms with van der Waals surface area (Å²) in [5.74, 6) is 1.70. The molecule has 0 N–H and O–H groups in total. The molecule has 3 fully saturated rings. The van der Waals surface area contributed by atoms with Crippen LogP contribution < -0.4 is 0 Å². The monoisotopic (exact) mass is 395 g/mol. The van der Waals surface area contributed by atoms with Crippen LogP contribution in [0, 0.1) is 17.8 Å². The summed E-state index contributed by atoms with van der Waals surface area (Å²) >= 11 is 0. The molecule has 0 bridgehead atoms. The first-order chi connectivity index (χ1) is 13.0. The predicted molar refractivity (Wildman–Crippen MR) is 110 cm³/mol. The van der Waals surface area contributed by atoms with Gasteiger partial charge in [0, 0.05) is 5.92 Å². The second kappa shape index (κ2) is 8.14. The molecule has 0 aromatic rings. The van der Waals surface area contributed by atoms with Gasteiger partial charge in [0.25, 0.3) is 0 Å². The number of nitrogens with zero attached hydrogens (tertiary/aromatic N) is 1. The summed E-state index contributed by atoms with van der Waals surface area (Å²) in [6, 6.07) is 0.0134. The predicted octanol–water partition coefficient (Wildman–Crippen LogP) is 5.37. The summed E-state index contributed by atoms with van der Waals surface area (Å²) in [4.78, 5) is 15.1. The minimum atomic E-state index is -0.688. The SMILES string of the molecule is CC(C)[C@H]1CO[C@@H]1[C@@H]1OC(C)(C)N(C(=O)OC(C)(C)C)[C@H]1CC1CCCCC1. The summed E-state index contributed by atoms with van der Waals surface area (Å²) in [5.41, 5.74) is -1.21. The Morgan fingerprint density at radius 1 is 1.14 bits per heavy atom. The van der Waals surface area contributed by atoms with Gasteiger partial charge in [0.2, 0.25) is 0 Å². The number of rotatable bonds is 4. The van der Waals surface area contributed by atoms with Crippen molar-refractivity contribution in [1.29, 1.82) is 0 Å². The molecule has 1 aliphatic carbocycles. The van der Waals surface area contributed by atoms with E-state index in [2.05, 4.69) is 13.8 Å². The van der Waals surface area contributed by atoms with Crippen LogP contribution >= 0.6 is 0 Å². The fourth-order valence-corrected chi connectivity index (χ4v) is 5.20. The van der Waals surface area contributed by atoms with E-state index in [0.717, 1.165) is 13.0 Å². The first-order valence-electron chi connectivity index (χ1n) is 11.3. The largest absolute Gasteiger partial charge is 0.444 e. The van der Waals surface area contributed by atoms with Gasteiger partial charge in [-0.3, -0.25) is 4.90 Å². The average molecular weight is 396 g/mol. The summed E-state index contributed by atoms with van der Waals surface area (Å²) in [6.45, 7) is 15.1. The zero-order valence-electron chi connectivity index (χ0n) is 19.0. The van der Waals surface area contributed by atoms with E-state index in [1.165, 1.54) is 32.1 Å². The number of hydrogen-bond donors (Lipinski definition) is 0. The van der Waals surface area contributed by atoms with Crippen molar-refractivity contribution in [3.63, 3.8) is 0 Å². The summed E-state index contributed by atoms with van der Waals surface area (Å²) in [5, 5.41) is 0. The fraction of sp³-hybridized carbons (Fsp3) is 0.957. The molecule has 3 aliphatic rings. The van der Waals surface area contributed by atoms with Crippen molar-refractivity contribution in [1.82, 2.24) is 4.90 Å². The van der Waals surface area contributed by atoms with Gasteiger partial charge >= 0.3 is 6.09 Å². The van der Waals surface area contributed by atoms with Crippen molar-refractivity contribution < 1.29 is 19.0 Å². The molecule has 2 heterocycles. The first kappa shape index (κ1) is 21.9. The van der Waals surface area contributed by atoms with E-state index < -0.39 is 11.3 Å². The van der Waals surface area contributed by atoms with Gasteiger partial charge < -0.3 is 14.2 Å². The van der Waals surface area contributed by atoms with E-state index in [1.807, 2.05) is 39.5 Å². The lowest BCUT2D eigenvalue weighted by molar-refractivity contribution is -0.203. The molecule has 4 atom stereocenters. The van der Waals surface area contributed by atoms with E-state index in [9.17, 15) is 4.79 Å². The van der Waals surface area contributed by atoms with E-state index in [-0.39, 0.29) is 24.3 Å². The molecule has 5 heteroatoms. The standard InChI is InChI=1S/C23H41NO4/c1-15(2)17-14-26-19(17)20-18(13-16-11-9-8-10-12-16)24(23(6,7)27-20)21(25)28-22(3,4)5/h15-20H,8-14H2,1-7H3/t17-,18+,19+,20-/m1/s1. The van der Waals surface area contributed by atoms with Gasteiger partial charge in [0.05, 0.1) is 18.8 Å². The van der Waals surface area contributed by atoms with Gasteiger partial charge in [0.15, 0.2) is 0 Å². The zero-order chi connectivity index (χ0) is 20.7. The van der Waals surface area contributed by atoms with Crippen LogP contribution in [-0.4, -0.2) is 47.2 Å². The van der Waals surface area contributed by atoms with E-state index in [0.29, 0.717) is 17.8 Å². The second-order valence-electron chi connectivity index (χ2n) is 10.9. The Morgan fingerprint density at radius 3 is 2.29 bits per heavy atom. The van der Waals surface area contributed by atoms with Gasteiger partial charge in [-0.05, 0) is 52.9 Å². The van der Waals surface area contributed by atoms with Crippen LogP contribution in [0.25, 0.3) is 0 Å². The first-order valence-corrected chi connectivity index (χ1v) is 11.3. The topological polar surface area (TPSA) is 48.0 Å². The van der Waals surface area contributed by atoms with E-state index in [1.54, 1.807) is 0 Å². The Morgan fingerprint density at radius 2 is 1.79 bits per heavy atom. The highest BCUT2D eigenvalue weighted by Gasteiger charge is 2.57. The molecule has 0 unspecified atom stereocenters. The maximum atomic E-state index is 13.2. The maximum Gasteiger partial charge on any atom is 0.412 e. The van der Waals surface area contributed by atoms with Crippen LogP contribution in [0.3, 0.4) is 0 Å². The Hall–Kier alpha value is -0.810. The third-order valence-electron chi connectivity index (χ3n) is 6.69. The molecule has 28 heavy (non-hydrogen) atoms. The van der Waals surface area contributed by atoms with Gasteiger partial charge in [-0.25, -0.2) is 4.79 Å². The molecule has 1 amide bonds. The molecule has 1 saturated carbocycles. The molecular weight excluding hydrogens is 354 g/mol. The Kier molecular flexibility index (Phi) is 6.36. The molecule has 5 nitrogen and oxygen atoms in total. The third-order valence-corrected chi connectivity index (χ3v) is 6.69.